The number of ether oxygens (including phenoxy) is 6. The molecule has 1 saturated heterocycles. The number of ketones is 1. The molecular formula is C31H42N2O12. The van der Waals surface area contributed by atoms with Crippen LogP contribution in [0.25, 0.3) is 0 Å². The Morgan fingerprint density at radius 1 is 0.844 bits per heavy atom. The van der Waals surface area contributed by atoms with Gasteiger partial charge in [-0.25, -0.2) is 0 Å². The second-order valence-electron chi connectivity index (χ2n) is 11.3. The van der Waals surface area contributed by atoms with E-state index in [1.54, 1.807) is 0 Å². The summed E-state index contributed by atoms with van der Waals surface area (Å²) in [6, 6.07) is 3.39. The SMILES string of the molecule is CC(C)(C)OC(=O)CCOCCOCCOCCOCCCC(=O)COc1cccc2c1C(=O)N(C1CCC(=O)NC1=O)C2=O. The van der Waals surface area contributed by atoms with Crippen LogP contribution < -0.4 is 10.1 Å². The lowest BCUT2D eigenvalue weighted by molar-refractivity contribution is -0.156. The molecule has 1 fully saturated rings. The van der Waals surface area contributed by atoms with Gasteiger partial charge >= 0.3 is 5.97 Å². The summed E-state index contributed by atoms with van der Waals surface area (Å²) in [4.78, 5) is 74.5. The molecule has 1 unspecified atom stereocenters. The van der Waals surface area contributed by atoms with Crippen LogP contribution in [0.15, 0.2) is 18.2 Å². The number of rotatable bonds is 20. The summed E-state index contributed by atoms with van der Waals surface area (Å²) < 4.78 is 32.5. The van der Waals surface area contributed by atoms with E-state index < -0.39 is 35.3 Å². The second-order valence-corrected chi connectivity index (χ2v) is 11.3. The highest BCUT2D eigenvalue weighted by atomic mass is 16.6. The van der Waals surface area contributed by atoms with E-state index in [2.05, 4.69) is 5.32 Å². The molecule has 1 aromatic carbocycles. The molecule has 14 heteroatoms. The number of hydrogen-bond donors (Lipinski definition) is 1. The van der Waals surface area contributed by atoms with Crippen LogP contribution in [0.2, 0.25) is 0 Å². The Labute approximate surface area is 262 Å². The maximum Gasteiger partial charge on any atom is 0.308 e. The molecule has 45 heavy (non-hydrogen) atoms. The first-order chi connectivity index (χ1) is 21.5. The molecule has 0 spiro atoms. The highest BCUT2D eigenvalue weighted by molar-refractivity contribution is 6.24. The van der Waals surface area contributed by atoms with Gasteiger partial charge in [0.15, 0.2) is 5.78 Å². The summed E-state index contributed by atoms with van der Waals surface area (Å²) in [6.45, 7) is 8.02. The van der Waals surface area contributed by atoms with Crippen LogP contribution in [0.4, 0.5) is 0 Å². The molecule has 0 aromatic heterocycles. The molecule has 2 heterocycles. The minimum Gasteiger partial charge on any atom is -0.485 e. The number of nitrogens with zero attached hydrogens (tertiary/aromatic N) is 1. The smallest absolute Gasteiger partial charge is 0.308 e. The van der Waals surface area contributed by atoms with Crippen molar-refractivity contribution in [2.45, 2.75) is 64.5 Å². The van der Waals surface area contributed by atoms with E-state index in [0.29, 0.717) is 52.7 Å². The van der Waals surface area contributed by atoms with Crippen LogP contribution in [-0.4, -0.2) is 111 Å². The van der Waals surface area contributed by atoms with Crippen molar-refractivity contribution < 1.29 is 57.2 Å². The molecule has 14 nitrogen and oxygen atoms in total. The molecule has 0 saturated carbocycles. The molecule has 2 aliphatic heterocycles. The van der Waals surface area contributed by atoms with Gasteiger partial charge in [-0.1, -0.05) is 6.07 Å². The molecule has 3 rings (SSSR count). The number of fused-ring (bicyclic) bond motifs is 1. The van der Waals surface area contributed by atoms with E-state index in [1.807, 2.05) is 20.8 Å². The summed E-state index contributed by atoms with van der Waals surface area (Å²) in [5, 5.41) is 2.15. The molecular weight excluding hydrogens is 592 g/mol. The van der Waals surface area contributed by atoms with Gasteiger partial charge < -0.3 is 28.4 Å². The predicted molar refractivity (Wildman–Crippen MR) is 157 cm³/mol. The molecule has 1 N–H and O–H groups in total. The average molecular weight is 635 g/mol. The lowest BCUT2D eigenvalue weighted by Gasteiger charge is -2.27. The number of piperidine rings is 1. The van der Waals surface area contributed by atoms with E-state index in [1.165, 1.54) is 18.2 Å². The third kappa shape index (κ3) is 11.6. The number of esters is 1. The van der Waals surface area contributed by atoms with Gasteiger partial charge in [0.1, 0.15) is 24.0 Å². The van der Waals surface area contributed by atoms with Gasteiger partial charge in [0, 0.05) is 19.4 Å². The fraction of sp³-hybridized carbons (Fsp3) is 0.613. The van der Waals surface area contributed by atoms with Crippen molar-refractivity contribution in [2.24, 2.45) is 0 Å². The van der Waals surface area contributed by atoms with Gasteiger partial charge in [0.05, 0.1) is 63.8 Å². The van der Waals surface area contributed by atoms with Crippen molar-refractivity contribution in [1.29, 1.82) is 0 Å². The standard InChI is InChI=1S/C31H42N2O12/c1-31(2,3)45-26(36)11-13-41-15-17-43-19-18-42-16-14-40-12-5-6-21(34)20-44-24-8-4-7-22-27(24)30(39)33(29(22)38)23-9-10-25(35)32-28(23)37/h4,7-8,23H,5-6,9-20H2,1-3H3,(H,32,35,37). The second kappa shape index (κ2) is 17.7. The molecule has 0 aliphatic carbocycles. The van der Waals surface area contributed by atoms with Crippen LogP contribution >= 0.6 is 0 Å². The number of carbonyl (C=O) groups excluding carboxylic acids is 6. The number of imide groups is 2. The number of hydrogen-bond acceptors (Lipinski definition) is 12. The zero-order chi connectivity index (χ0) is 32.8. The Kier molecular flexibility index (Phi) is 14.1. The summed E-state index contributed by atoms with van der Waals surface area (Å²) in [6.07, 6.45) is 0.916. The molecule has 4 amide bonds. The summed E-state index contributed by atoms with van der Waals surface area (Å²) in [5.74, 6) is -2.93. The van der Waals surface area contributed by atoms with E-state index in [4.69, 9.17) is 28.4 Å². The van der Waals surface area contributed by atoms with Crippen molar-refractivity contribution in [3.63, 3.8) is 0 Å². The molecule has 0 bridgehead atoms. The first-order valence-electron chi connectivity index (χ1n) is 15.0. The van der Waals surface area contributed by atoms with Crippen LogP contribution in [0, 0.1) is 0 Å². The first-order valence-corrected chi connectivity index (χ1v) is 15.0. The Bertz CT molecular complexity index is 1230. The molecule has 248 valence electrons. The summed E-state index contributed by atoms with van der Waals surface area (Å²) in [7, 11) is 0. The number of benzene rings is 1. The topological polar surface area (TPSA) is 173 Å². The molecule has 1 aromatic rings. The third-order valence-corrected chi connectivity index (χ3v) is 6.55. The normalized spacial score (nSPS) is 16.5. The van der Waals surface area contributed by atoms with Gasteiger partial charge in [-0.3, -0.25) is 39.0 Å². The van der Waals surface area contributed by atoms with Crippen LogP contribution in [0.3, 0.4) is 0 Å². The number of carbonyl (C=O) groups is 6. The lowest BCUT2D eigenvalue weighted by atomic mass is 10.0. The maximum atomic E-state index is 13.1. The minimum atomic E-state index is -1.09. The zero-order valence-electron chi connectivity index (χ0n) is 26.1. The van der Waals surface area contributed by atoms with Gasteiger partial charge in [-0.2, -0.15) is 0 Å². The van der Waals surface area contributed by atoms with E-state index in [9.17, 15) is 28.8 Å². The molecule has 1 atom stereocenters. The highest BCUT2D eigenvalue weighted by Gasteiger charge is 2.46. The van der Waals surface area contributed by atoms with E-state index >= 15 is 0 Å². The van der Waals surface area contributed by atoms with Gasteiger partial charge in [0.2, 0.25) is 11.8 Å². The summed E-state index contributed by atoms with van der Waals surface area (Å²) in [5.41, 5.74) is -0.427. The van der Waals surface area contributed by atoms with E-state index in [0.717, 1.165) is 4.90 Å². The third-order valence-electron chi connectivity index (χ3n) is 6.55. The van der Waals surface area contributed by atoms with E-state index in [-0.39, 0.29) is 67.5 Å². The minimum absolute atomic E-state index is 0.00244. The largest absolute Gasteiger partial charge is 0.485 e. The Morgan fingerprint density at radius 3 is 2.09 bits per heavy atom. The van der Waals surface area contributed by atoms with Gasteiger partial charge in [-0.05, 0) is 45.7 Å². The fourth-order valence-electron chi connectivity index (χ4n) is 4.52. The van der Waals surface area contributed by atoms with Crippen LogP contribution in [0.1, 0.15) is 73.6 Å². The maximum absolute atomic E-state index is 13.1. The summed E-state index contributed by atoms with van der Waals surface area (Å²) >= 11 is 0. The van der Waals surface area contributed by atoms with Crippen molar-refractivity contribution in [3.05, 3.63) is 29.3 Å². The highest BCUT2D eigenvalue weighted by Crippen LogP contribution is 2.33. The first kappa shape index (κ1) is 35.8. The van der Waals surface area contributed by atoms with Crippen molar-refractivity contribution in [2.75, 3.05) is 59.5 Å². The number of nitrogens with one attached hydrogen (secondary N) is 1. The zero-order valence-corrected chi connectivity index (χ0v) is 26.1. The number of amides is 4. The Balaban J connectivity index is 1.20. The average Bonchev–Trinajstić information content (AvgIpc) is 3.22. The lowest BCUT2D eigenvalue weighted by Crippen LogP contribution is -2.54. The quantitative estimate of drug-likeness (QED) is 0.125. The fourth-order valence-corrected chi connectivity index (χ4v) is 4.52. The molecule has 2 aliphatic rings. The van der Waals surface area contributed by atoms with Gasteiger partial charge in [-0.15, -0.1) is 0 Å². The van der Waals surface area contributed by atoms with Crippen molar-refractivity contribution in [3.8, 4) is 5.75 Å². The van der Waals surface area contributed by atoms with Crippen LogP contribution in [-0.2, 0) is 42.9 Å². The number of Topliss-reactive ketones (excluding diaryl/α,β-unsaturated/α-hetero) is 1. The van der Waals surface area contributed by atoms with Gasteiger partial charge in [0.25, 0.3) is 11.8 Å². The van der Waals surface area contributed by atoms with Crippen molar-refractivity contribution >= 4 is 35.4 Å². The Hall–Kier alpha value is -3.72. The van der Waals surface area contributed by atoms with Crippen molar-refractivity contribution in [1.82, 2.24) is 10.2 Å². The monoisotopic (exact) mass is 634 g/mol. The molecule has 0 radical (unpaired) electrons. The predicted octanol–water partition coefficient (Wildman–Crippen LogP) is 1.61. The Morgan fingerprint density at radius 2 is 1.47 bits per heavy atom. The van der Waals surface area contributed by atoms with Crippen LogP contribution in [0.5, 0.6) is 5.75 Å².